The second-order valence-electron chi connectivity index (χ2n) is 6.21. The van der Waals surface area contributed by atoms with Gasteiger partial charge in [-0.3, -0.25) is 9.29 Å². The number of anilines is 1. The molecular weight excluding hydrogens is 426 g/mol. The van der Waals surface area contributed by atoms with Gasteiger partial charge in [0.05, 0.1) is 21.6 Å². The van der Waals surface area contributed by atoms with Crippen LogP contribution in [0.5, 0.6) is 0 Å². The van der Waals surface area contributed by atoms with Gasteiger partial charge >= 0.3 is 0 Å². The highest BCUT2D eigenvalue weighted by Crippen LogP contribution is 2.24. The summed E-state index contributed by atoms with van der Waals surface area (Å²) in [5.74, 6) is 0. The maximum atomic E-state index is 12.6. The lowest BCUT2D eigenvalue weighted by molar-refractivity contribution is 0.601. The zero-order chi connectivity index (χ0) is 19.0. The van der Waals surface area contributed by atoms with Gasteiger partial charge in [0.1, 0.15) is 6.33 Å². The van der Waals surface area contributed by atoms with Gasteiger partial charge < -0.3 is 0 Å². The van der Waals surface area contributed by atoms with Crippen LogP contribution in [0.3, 0.4) is 0 Å². The first-order valence-corrected chi connectivity index (χ1v) is 10.5. The molecule has 0 saturated heterocycles. The van der Waals surface area contributed by atoms with Crippen LogP contribution >= 0.6 is 15.9 Å². The first kappa shape index (κ1) is 17.8. The van der Waals surface area contributed by atoms with Crippen LogP contribution in [0.2, 0.25) is 0 Å². The molecule has 3 aromatic carbocycles. The average Bonchev–Trinajstić information content (AvgIpc) is 3.05. The third kappa shape index (κ3) is 3.61. The maximum Gasteiger partial charge on any atom is 0.261 e. The Bertz CT molecular complexity index is 1210. The largest absolute Gasteiger partial charge is 0.299 e. The molecule has 0 spiro atoms. The smallest absolute Gasteiger partial charge is 0.261 e. The lowest BCUT2D eigenvalue weighted by Gasteiger charge is -2.09. The second-order valence-corrected chi connectivity index (χ2v) is 8.81. The van der Waals surface area contributed by atoms with Crippen LogP contribution in [-0.4, -0.2) is 18.0 Å². The Morgan fingerprint density at radius 3 is 2.37 bits per heavy atom. The predicted molar refractivity (Wildman–Crippen MR) is 111 cm³/mol. The van der Waals surface area contributed by atoms with Crippen molar-refractivity contribution in [3.05, 3.63) is 83.1 Å². The number of imidazole rings is 1. The lowest BCUT2D eigenvalue weighted by atomic mass is 10.2. The second kappa shape index (κ2) is 6.83. The number of rotatable bonds is 4. The molecule has 4 rings (SSSR count). The van der Waals surface area contributed by atoms with Gasteiger partial charge in [0.15, 0.2) is 0 Å². The first-order valence-electron chi connectivity index (χ1n) is 8.25. The molecule has 0 bridgehead atoms. The van der Waals surface area contributed by atoms with E-state index in [1.165, 1.54) is 5.56 Å². The summed E-state index contributed by atoms with van der Waals surface area (Å²) >= 11 is 3.31. The number of hydrogen-bond acceptors (Lipinski definition) is 3. The van der Waals surface area contributed by atoms with E-state index in [2.05, 4.69) is 25.6 Å². The first-order chi connectivity index (χ1) is 12.9. The zero-order valence-corrected chi connectivity index (χ0v) is 16.8. The SMILES string of the molecule is Cc1ccc(-n2cnc3cc(NS(=O)(=O)c4ccc(Br)cc4)ccc32)cc1. The highest BCUT2D eigenvalue weighted by atomic mass is 79.9. The predicted octanol–water partition coefficient (Wildman–Crippen LogP) is 4.90. The van der Waals surface area contributed by atoms with Crippen molar-refractivity contribution >= 4 is 42.7 Å². The van der Waals surface area contributed by atoms with Crippen molar-refractivity contribution in [2.24, 2.45) is 0 Å². The summed E-state index contributed by atoms with van der Waals surface area (Å²) in [6.45, 7) is 2.04. The van der Waals surface area contributed by atoms with Crippen LogP contribution in [-0.2, 0) is 10.0 Å². The van der Waals surface area contributed by atoms with Crippen molar-refractivity contribution in [2.45, 2.75) is 11.8 Å². The van der Waals surface area contributed by atoms with Crippen LogP contribution in [0.4, 0.5) is 5.69 Å². The topological polar surface area (TPSA) is 64.0 Å². The molecule has 4 aromatic rings. The van der Waals surface area contributed by atoms with E-state index in [-0.39, 0.29) is 4.90 Å². The number of nitrogens with zero attached hydrogens (tertiary/aromatic N) is 2. The Balaban J connectivity index is 1.66. The number of halogens is 1. The maximum absolute atomic E-state index is 12.6. The number of hydrogen-bond donors (Lipinski definition) is 1. The van der Waals surface area contributed by atoms with Crippen LogP contribution < -0.4 is 4.72 Å². The summed E-state index contributed by atoms with van der Waals surface area (Å²) in [4.78, 5) is 4.62. The fraction of sp³-hybridized carbons (Fsp3) is 0.0500. The fourth-order valence-corrected chi connectivity index (χ4v) is 4.13. The third-order valence-corrected chi connectivity index (χ3v) is 6.16. The monoisotopic (exact) mass is 441 g/mol. The minimum absolute atomic E-state index is 0.205. The van der Waals surface area contributed by atoms with E-state index in [0.717, 1.165) is 15.7 Å². The van der Waals surface area contributed by atoms with Crippen LogP contribution in [0.25, 0.3) is 16.7 Å². The van der Waals surface area contributed by atoms with E-state index in [0.29, 0.717) is 11.2 Å². The van der Waals surface area contributed by atoms with Crippen LogP contribution in [0.15, 0.2) is 82.4 Å². The summed E-state index contributed by atoms with van der Waals surface area (Å²) in [6.07, 6.45) is 1.74. The molecule has 0 atom stereocenters. The summed E-state index contributed by atoms with van der Waals surface area (Å²) in [6, 6.07) is 20.0. The highest BCUT2D eigenvalue weighted by Gasteiger charge is 2.15. The van der Waals surface area contributed by atoms with E-state index in [4.69, 9.17) is 0 Å². The Hall–Kier alpha value is -2.64. The number of benzene rings is 3. The van der Waals surface area contributed by atoms with E-state index in [9.17, 15) is 8.42 Å². The number of aryl methyl sites for hydroxylation is 1. The quantitative estimate of drug-likeness (QED) is 0.489. The Labute approximate surface area is 165 Å². The van der Waals surface area contributed by atoms with Crippen molar-refractivity contribution in [2.75, 3.05) is 4.72 Å². The summed E-state index contributed by atoms with van der Waals surface area (Å²) in [5, 5.41) is 0. The van der Waals surface area contributed by atoms with Crippen molar-refractivity contribution in [3.63, 3.8) is 0 Å². The summed E-state index contributed by atoms with van der Waals surface area (Å²) in [5.41, 5.74) is 4.29. The third-order valence-electron chi connectivity index (χ3n) is 4.24. The average molecular weight is 442 g/mol. The van der Waals surface area contributed by atoms with E-state index < -0.39 is 10.0 Å². The Morgan fingerprint density at radius 1 is 0.963 bits per heavy atom. The van der Waals surface area contributed by atoms with Gasteiger partial charge in [-0.05, 0) is 61.5 Å². The van der Waals surface area contributed by atoms with Gasteiger partial charge in [-0.1, -0.05) is 33.6 Å². The van der Waals surface area contributed by atoms with Crippen molar-refractivity contribution in [1.82, 2.24) is 9.55 Å². The van der Waals surface area contributed by atoms with Gasteiger partial charge in [0.2, 0.25) is 0 Å². The standard InChI is InChI=1S/C20H16BrN3O2S/c1-14-2-7-17(8-3-14)24-13-22-19-12-16(6-11-20(19)24)23-27(25,26)18-9-4-15(21)5-10-18/h2-13,23H,1H3. The molecule has 0 aliphatic heterocycles. The Morgan fingerprint density at radius 2 is 1.67 bits per heavy atom. The molecular formula is C20H16BrN3O2S. The molecule has 5 nitrogen and oxygen atoms in total. The minimum atomic E-state index is -3.65. The van der Waals surface area contributed by atoms with Crippen LogP contribution in [0.1, 0.15) is 5.56 Å². The fourth-order valence-electron chi connectivity index (χ4n) is 2.82. The molecule has 0 unspecified atom stereocenters. The molecule has 7 heteroatoms. The van der Waals surface area contributed by atoms with Crippen LogP contribution in [0, 0.1) is 6.92 Å². The van der Waals surface area contributed by atoms with Gasteiger partial charge in [-0.2, -0.15) is 0 Å². The van der Waals surface area contributed by atoms with Gasteiger partial charge in [-0.25, -0.2) is 13.4 Å². The molecule has 1 heterocycles. The van der Waals surface area contributed by atoms with Gasteiger partial charge in [-0.15, -0.1) is 0 Å². The molecule has 0 radical (unpaired) electrons. The molecule has 27 heavy (non-hydrogen) atoms. The highest BCUT2D eigenvalue weighted by molar-refractivity contribution is 9.10. The number of aromatic nitrogens is 2. The van der Waals surface area contributed by atoms with Crippen molar-refractivity contribution in [3.8, 4) is 5.69 Å². The number of nitrogens with one attached hydrogen (secondary N) is 1. The molecule has 1 aromatic heterocycles. The number of fused-ring (bicyclic) bond motifs is 1. The van der Waals surface area contributed by atoms with E-state index in [1.54, 1.807) is 42.7 Å². The van der Waals surface area contributed by atoms with Gasteiger partial charge in [0.25, 0.3) is 10.0 Å². The molecule has 136 valence electrons. The molecule has 0 saturated carbocycles. The van der Waals surface area contributed by atoms with Crippen molar-refractivity contribution < 1.29 is 8.42 Å². The summed E-state index contributed by atoms with van der Waals surface area (Å²) in [7, 11) is -3.65. The minimum Gasteiger partial charge on any atom is -0.299 e. The Kier molecular flexibility index (Phi) is 4.49. The lowest BCUT2D eigenvalue weighted by Crippen LogP contribution is -2.12. The number of sulfonamides is 1. The molecule has 0 amide bonds. The zero-order valence-electron chi connectivity index (χ0n) is 14.4. The molecule has 0 aliphatic carbocycles. The van der Waals surface area contributed by atoms with Gasteiger partial charge in [0, 0.05) is 10.2 Å². The van der Waals surface area contributed by atoms with E-state index in [1.807, 2.05) is 41.8 Å². The van der Waals surface area contributed by atoms with Crippen molar-refractivity contribution in [1.29, 1.82) is 0 Å². The molecule has 0 aliphatic rings. The molecule has 1 N–H and O–H groups in total. The van der Waals surface area contributed by atoms with E-state index >= 15 is 0 Å². The molecule has 0 fully saturated rings. The summed E-state index contributed by atoms with van der Waals surface area (Å²) < 4.78 is 30.5. The normalized spacial score (nSPS) is 11.6.